The van der Waals surface area contributed by atoms with Crippen LogP contribution in [-0.2, 0) is 15.0 Å². The van der Waals surface area contributed by atoms with Gasteiger partial charge in [0, 0.05) is 16.4 Å². The van der Waals surface area contributed by atoms with E-state index in [0.29, 0.717) is 11.3 Å². The van der Waals surface area contributed by atoms with Crippen molar-refractivity contribution in [3.63, 3.8) is 0 Å². The van der Waals surface area contributed by atoms with Gasteiger partial charge in [-0.25, -0.2) is 0 Å². The molecule has 0 aliphatic rings. The Morgan fingerprint density at radius 3 is 2.16 bits per heavy atom. The third-order valence-electron chi connectivity index (χ3n) is 6.42. The number of carbonyl (C=O) groups excluding carboxylic acids is 2. The summed E-state index contributed by atoms with van der Waals surface area (Å²) in [6, 6.07) is 11.8. The zero-order chi connectivity index (χ0) is 24.1. The highest BCUT2D eigenvalue weighted by atomic mass is 16.5. The Balaban J connectivity index is 2.47. The number of ether oxygens (including phenoxy) is 1. The number of hydrogen-bond acceptors (Lipinski definition) is 4. The van der Waals surface area contributed by atoms with E-state index in [4.69, 9.17) is 4.74 Å². The molecule has 4 nitrogen and oxygen atoms in total. The van der Waals surface area contributed by atoms with E-state index in [1.165, 1.54) is 6.08 Å². The molecule has 0 atom stereocenters. The number of aromatic hydroxyl groups is 1. The van der Waals surface area contributed by atoms with Gasteiger partial charge in [0.1, 0.15) is 24.4 Å². The predicted molar refractivity (Wildman–Crippen MR) is 130 cm³/mol. The molecule has 0 bridgehead atoms. The van der Waals surface area contributed by atoms with Crippen LogP contribution in [0.5, 0.6) is 11.5 Å². The number of hydrogen-bond donors (Lipinski definition) is 1. The molecule has 2 aromatic rings. The van der Waals surface area contributed by atoms with Crippen LogP contribution in [0.1, 0.15) is 76.6 Å². The number of phenols is 1. The minimum absolute atomic E-state index is 0.0556. The average Bonchev–Trinajstić information content (AvgIpc) is 2.74. The van der Waals surface area contributed by atoms with Gasteiger partial charge in [0.2, 0.25) is 0 Å². The molecule has 0 fully saturated rings. The van der Waals surface area contributed by atoms with E-state index in [1.54, 1.807) is 6.07 Å². The van der Waals surface area contributed by atoms with Crippen molar-refractivity contribution in [1.29, 1.82) is 0 Å². The van der Waals surface area contributed by atoms with Gasteiger partial charge in [-0.15, -0.1) is 0 Å². The number of Topliss-reactive ketones (excluding diaryl/α,β-unsaturated/α-hetero) is 1. The molecule has 0 aliphatic carbocycles. The van der Waals surface area contributed by atoms with Crippen molar-refractivity contribution in [1.82, 2.24) is 0 Å². The second-order valence-electron chi connectivity index (χ2n) is 9.45. The number of phenolic OH excluding ortho intramolecular Hbond substituents is 1. The lowest BCUT2D eigenvalue weighted by Crippen LogP contribution is -2.27. The molecule has 0 amide bonds. The van der Waals surface area contributed by atoms with Crippen molar-refractivity contribution < 1.29 is 19.4 Å². The van der Waals surface area contributed by atoms with Gasteiger partial charge in [-0.3, -0.25) is 9.59 Å². The average molecular weight is 437 g/mol. The van der Waals surface area contributed by atoms with Gasteiger partial charge in [0.25, 0.3) is 0 Å². The van der Waals surface area contributed by atoms with Gasteiger partial charge < -0.3 is 9.84 Å². The molecule has 4 heteroatoms. The fraction of sp³-hybridized carbons (Fsp3) is 0.429. The lowest BCUT2D eigenvalue weighted by Gasteiger charge is -2.34. The number of ketones is 1. The molecule has 0 radical (unpaired) electrons. The standard InChI is InChI=1S/C28H36O4/c1-8-28(9-2,22-10-12-24(30)23(17-22)19(3)14-15-29)21-11-13-25(20(4)16-21)32-18-26(31)27(5,6)7/h10-17,30H,8-9,18H2,1-7H3/b19-14+. The number of benzene rings is 2. The predicted octanol–water partition coefficient (Wildman–Crippen LogP) is 6.40. The number of aldehydes is 1. The normalized spacial score (nSPS) is 12.5. The number of rotatable bonds is 9. The molecular formula is C28H36O4. The first-order valence-corrected chi connectivity index (χ1v) is 11.2. The molecule has 172 valence electrons. The minimum Gasteiger partial charge on any atom is -0.507 e. The summed E-state index contributed by atoms with van der Waals surface area (Å²) in [5.74, 6) is 0.935. The second-order valence-corrected chi connectivity index (χ2v) is 9.45. The quantitative estimate of drug-likeness (QED) is 0.365. The first-order valence-electron chi connectivity index (χ1n) is 11.2. The van der Waals surface area contributed by atoms with Crippen molar-refractivity contribution >= 4 is 17.6 Å². The molecule has 0 aromatic heterocycles. The van der Waals surface area contributed by atoms with Crippen LogP contribution in [0.25, 0.3) is 5.57 Å². The summed E-state index contributed by atoms with van der Waals surface area (Å²) in [7, 11) is 0. The SMILES string of the molecule is CCC(CC)(c1ccc(OCC(=O)C(C)(C)C)c(C)c1)c1ccc(O)c(/C(C)=C/C=O)c1. The van der Waals surface area contributed by atoms with Crippen LogP contribution < -0.4 is 4.74 Å². The van der Waals surface area contributed by atoms with Crippen LogP contribution in [-0.4, -0.2) is 23.8 Å². The Morgan fingerprint density at radius 1 is 1.03 bits per heavy atom. The second kappa shape index (κ2) is 10.2. The largest absolute Gasteiger partial charge is 0.507 e. The molecule has 0 saturated heterocycles. The minimum atomic E-state index is -0.430. The first kappa shape index (κ1) is 25.4. The lowest BCUT2D eigenvalue weighted by atomic mass is 9.70. The van der Waals surface area contributed by atoms with Crippen LogP contribution in [0.3, 0.4) is 0 Å². The van der Waals surface area contributed by atoms with Crippen molar-refractivity contribution in [3.8, 4) is 11.5 Å². The summed E-state index contributed by atoms with van der Waals surface area (Å²) < 4.78 is 5.84. The highest BCUT2D eigenvalue weighted by Crippen LogP contribution is 2.42. The molecule has 32 heavy (non-hydrogen) atoms. The Labute approximate surface area is 192 Å². The van der Waals surface area contributed by atoms with Crippen LogP contribution in [0.2, 0.25) is 0 Å². The molecule has 2 rings (SSSR count). The number of aryl methyl sites for hydroxylation is 1. The van der Waals surface area contributed by atoms with Gasteiger partial charge in [-0.05, 0) is 73.2 Å². The number of carbonyl (C=O) groups is 2. The van der Waals surface area contributed by atoms with Crippen LogP contribution >= 0.6 is 0 Å². The molecule has 1 N–H and O–H groups in total. The maximum absolute atomic E-state index is 12.2. The summed E-state index contributed by atoms with van der Waals surface area (Å²) in [4.78, 5) is 23.2. The Hall–Kier alpha value is -2.88. The van der Waals surface area contributed by atoms with Gasteiger partial charge >= 0.3 is 0 Å². The zero-order valence-corrected chi connectivity index (χ0v) is 20.4. The van der Waals surface area contributed by atoms with E-state index >= 15 is 0 Å². The lowest BCUT2D eigenvalue weighted by molar-refractivity contribution is -0.128. The summed E-state index contributed by atoms with van der Waals surface area (Å²) in [5.41, 5.74) is 3.93. The summed E-state index contributed by atoms with van der Waals surface area (Å²) in [5, 5.41) is 10.4. The van der Waals surface area contributed by atoms with E-state index in [2.05, 4.69) is 26.0 Å². The van der Waals surface area contributed by atoms with E-state index in [1.807, 2.05) is 52.8 Å². The van der Waals surface area contributed by atoms with Crippen LogP contribution in [0, 0.1) is 12.3 Å². The number of allylic oxidation sites excluding steroid dienone is 2. The molecule has 0 saturated carbocycles. The zero-order valence-electron chi connectivity index (χ0n) is 20.4. The Morgan fingerprint density at radius 2 is 1.62 bits per heavy atom. The van der Waals surface area contributed by atoms with Gasteiger partial charge in [-0.1, -0.05) is 52.8 Å². The molecule has 0 spiro atoms. The third kappa shape index (κ3) is 5.29. The summed E-state index contributed by atoms with van der Waals surface area (Å²) >= 11 is 0. The van der Waals surface area contributed by atoms with Gasteiger partial charge in [0.05, 0.1) is 0 Å². The van der Waals surface area contributed by atoms with Crippen molar-refractivity contribution in [2.45, 2.75) is 66.7 Å². The summed E-state index contributed by atoms with van der Waals surface area (Å²) in [6.45, 7) is 13.9. The van der Waals surface area contributed by atoms with Crippen molar-refractivity contribution in [3.05, 3.63) is 64.7 Å². The topological polar surface area (TPSA) is 63.6 Å². The van der Waals surface area contributed by atoms with Crippen molar-refractivity contribution in [2.75, 3.05) is 6.61 Å². The maximum Gasteiger partial charge on any atom is 0.175 e. The monoisotopic (exact) mass is 436 g/mol. The molecular weight excluding hydrogens is 400 g/mol. The smallest absolute Gasteiger partial charge is 0.175 e. The van der Waals surface area contributed by atoms with E-state index < -0.39 is 5.41 Å². The Bertz CT molecular complexity index is 1000. The molecule has 0 heterocycles. The van der Waals surface area contributed by atoms with E-state index in [9.17, 15) is 14.7 Å². The summed E-state index contributed by atoms with van der Waals surface area (Å²) in [6.07, 6.45) is 3.94. The van der Waals surface area contributed by atoms with Crippen molar-refractivity contribution in [2.24, 2.45) is 5.41 Å². The molecule has 0 unspecified atom stereocenters. The Kier molecular flexibility index (Phi) is 8.06. The van der Waals surface area contributed by atoms with Crippen LogP contribution in [0.15, 0.2) is 42.5 Å². The van der Waals surface area contributed by atoms with Crippen LogP contribution in [0.4, 0.5) is 0 Å². The van der Waals surface area contributed by atoms with E-state index in [0.717, 1.165) is 41.4 Å². The van der Waals surface area contributed by atoms with E-state index in [-0.39, 0.29) is 23.6 Å². The van der Waals surface area contributed by atoms with Gasteiger partial charge in [0.15, 0.2) is 5.78 Å². The molecule has 2 aromatic carbocycles. The fourth-order valence-corrected chi connectivity index (χ4v) is 4.04. The maximum atomic E-state index is 12.2. The van der Waals surface area contributed by atoms with Gasteiger partial charge in [-0.2, -0.15) is 0 Å². The highest BCUT2D eigenvalue weighted by Gasteiger charge is 2.32. The molecule has 0 aliphatic heterocycles. The first-order chi connectivity index (χ1) is 15.0. The third-order valence-corrected chi connectivity index (χ3v) is 6.42. The highest BCUT2D eigenvalue weighted by molar-refractivity contribution is 5.85. The fourth-order valence-electron chi connectivity index (χ4n) is 4.04.